The molecule has 0 aliphatic heterocycles. The van der Waals surface area contributed by atoms with Crippen LogP contribution in [0.3, 0.4) is 0 Å². The van der Waals surface area contributed by atoms with Gasteiger partial charge in [0, 0.05) is 19.0 Å². The zero-order valence-corrected chi connectivity index (χ0v) is 26.8. The number of halogens is 1. The Hall–Kier alpha value is -4.50. The Morgan fingerprint density at radius 2 is 1.43 bits per heavy atom. The van der Waals surface area contributed by atoms with E-state index in [0.717, 1.165) is 65.2 Å². The van der Waals surface area contributed by atoms with Crippen molar-refractivity contribution in [2.24, 2.45) is 0 Å². The number of nitrogens with one attached hydrogen (secondary N) is 1. The maximum atomic E-state index is 14.6. The predicted molar refractivity (Wildman–Crippen MR) is 178 cm³/mol. The van der Waals surface area contributed by atoms with Crippen LogP contribution in [-0.2, 0) is 32.6 Å². The maximum Gasteiger partial charge on any atom is 0.264 e. The number of hydrogen-bond donors (Lipinski definition) is 1. The summed E-state index contributed by atoms with van der Waals surface area (Å²) in [6, 6.07) is 29.1. The number of aryl methyl sites for hydroxylation is 1. The average Bonchev–Trinajstić information content (AvgIpc) is 3.07. The molecule has 9 heteroatoms. The Morgan fingerprint density at radius 1 is 0.826 bits per heavy atom. The molecule has 0 aromatic heterocycles. The normalized spacial score (nSPS) is 14.3. The number of carbonyl (C=O) groups excluding carboxylic acids is 2. The monoisotopic (exact) mass is 641 g/mol. The average molecular weight is 642 g/mol. The highest BCUT2D eigenvalue weighted by Gasteiger charge is 2.35. The lowest BCUT2D eigenvalue weighted by Gasteiger charge is -2.35. The molecule has 1 atom stereocenters. The van der Waals surface area contributed by atoms with Crippen LogP contribution in [0.2, 0.25) is 0 Å². The van der Waals surface area contributed by atoms with Gasteiger partial charge in [0.15, 0.2) is 0 Å². The third-order valence-corrected chi connectivity index (χ3v) is 10.3. The van der Waals surface area contributed by atoms with Gasteiger partial charge < -0.3 is 10.2 Å². The van der Waals surface area contributed by atoms with E-state index in [1.807, 2.05) is 61.5 Å². The molecule has 0 heterocycles. The van der Waals surface area contributed by atoms with E-state index in [1.54, 1.807) is 18.2 Å². The smallest absolute Gasteiger partial charge is 0.264 e. The third kappa shape index (κ3) is 8.20. The minimum absolute atomic E-state index is 0.00606. The maximum absolute atomic E-state index is 14.6. The zero-order chi connectivity index (χ0) is 32.5. The molecule has 0 saturated heterocycles. The van der Waals surface area contributed by atoms with E-state index in [2.05, 4.69) is 5.32 Å². The Morgan fingerprint density at radius 3 is 2.09 bits per heavy atom. The standard InChI is InChI=1S/C37H40FN3O4S/c1-28-13-11-12-16-30(28)26-40(35(25-29-14-5-2-6-15-29)37(43)39-32-17-7-3-8-18-32)36(42)27-41(33-23-21-31(38)22-24-33)46(44,45)34-19-9-4-10-20-34/h2,4-6,9-16,19-24,32,35H,3,7-8,17-18,25-27H2,1H3,(H,39,43)/t35-/m1/s1. The third-order valence-electron chi connectivity index (χ3n) is 8.55. The quantitative estimate of drug-likeness (QED) is 0.194. The minimum atomic E-state index is -4.24. The molecule has 1 fully saturated rings. The number of anilines is 1. The molecule has 4 aromatic carbocycles. The van der Waals surface area contributed by atoms with E-state index >= 15 is 0 Å². The number of carbonyl (C=O) groups is 2. The highest BCUT2D eigenvalue weighted by atomic mass is 32.2. The van der Waals surface area contributed by atoms with Gasteiger partial charge in [0.05, 0.1) is 10.6 Å². The molecule has 1 aliphatic rings. The van der Waals surface area contributed by atoms with E-state index in [1.165, 1.54) is 29.2 Å². The molecule has 2 amide bonds. The van der Waals surface area contributed by atoms with Crippen molar-refractivity contribution in [1.82, 2.24) is 10.2 Å². The number of hydrogen-bond acceptors (Lipinski definition) is 4. The first-order chi connectivity index (χ1) is 22.2. The lowest BCUT2D eigenvalue weighted by molar-refractivity contribution is -0.140. The summed E-state index contributed by atoms with van der Waals surface area (Å²) in [7, 11) is -4.24. The predicted octanol–water partition coefficient (Wildman–Crippen LogP) is 6.42. The van der Waals surface area contributed by atoms with Crippen molar-refractivity contribution in [2.75, 3.05) is 10.8 Å². The van der Waals surface area contributed by atoms with Crippen molar-refractivity contribution in [3.63, 3.8) is 0 Å². The lowest BCUT2D eigenvalue weighted by atomic mass is 9.94. The molecule has 0 radical (unpaired) electrons. The molecule has 1 aliphatic carbocycles. The van der Waals surface area contributed by atoms with E-state index in [4.69, 9.17) is 0 Å². The molecule has 0 unspecified atom stereocenters. The van der Waals surface area contributed by atoms with E-state index in [-0.39, 0.29) is 35.5 Å². The van der Waals surface area contributed by atoms with Gasteiger partial charge in [-0.2, -0.15) is 0 Å². The first-order valence-electron chi connectivity index (χ1n) is 15.7. The Bertz CT molecular complexity index is 1710. The molecular formula is C37H40FN3O4S. The van der Waals surface area contributed by atoms with Crippen LogP contribution in [0, 0.1) is 12.7 Å². The molecule has 1 saturated carbocycles. The van der Waals surface area contributed by atoms with Gasteiger partial charge >= 0.3 is 0 Å². The molecule has 4 aromatic rings. The van der Waals surface area contributed by atoms with E-state index in [9.17, 15) is 22.4 Å². The van der Waals surface area contributed by atoms with E-state index < -0.39 is 34.3 Å². The molecule has 0 bridgehead atoms. The Balaban J connectivity index is 1.56. The molecular weight excluding hydrogens is 601 g/mol. The molecule has 46 heavy (non-hydrogen) atoms. The van der Waals surface area contributed by atoms with Crippen molar-refractivity contribution in [1.29, 1.82) is 0 Å². The SMILES string of the molecule is Cc1ccccc1CN(C(=O)CN(c1ccc(F)cc1)S(=O)(=O)c1ccccc1)[C@H](Cc1ccccc1)C(=O)NC1CCCCC1. The molecule has 7 nitrogen and oxygen atoms in total. The van der Waals surface area contributed by atoms with Gasteiger partial charge in [0.1, 0.15) is 18.4 Å². The molecule has 1 N–H and O–H groups in total. The van der Waals surface area contributed by atoms with E-state index in [0.29, 0.717) is 0 Å². The summed E-state index contributed by atoms with van der Waals surface area (Å²) in [5.74, 6) is -1.35. The molecule has 5 rings (SSSR count). The fraction of sp³-hybridized carbons (Fsp3) is 0.297. The van der Waals surface area contributed by atoms with Gasteiger partial charge in [-0.25, -0.2) is 12.8 Å². The number of amides is 2. The number of benzene rings is 4. The van der Waals surface area contributed by atoms with Crippen LogP contribution in [0.1, 0.15) is 48.8 Å². The van der Waals surface area contributed by atoms with Gasteiger partial charge in [-0.15, -0.1) is 0 Å². The summed E-state index contributed by atoms with van der Waals surface area (Å²) in [4.78, 5) is 30.3. The number of rotatable bonds is 12. The fourth-order valence-corrected chi connectivity index (χ4v) is 7.36. The highest BCUT2D eigenvalue weighted by molar-refractivity contribution is 7.92. The highest BCUT2D eigenvalue weighted by Crippen LogP contribution is 2.26. The lowest BCUT2D eigenvalue weighted by Crippen LogP contribution is -2.55. The van der Waals surface area contributed by atoms with Crippen LogP contribution in [0.4, 0.5) is 10.1 Å². The zero-order valence-electron chi connectivity index (χ0n) is 26.0. The van der Waals surface area contributed by atoms with Crippen LogP contribution >= 0.6 is 0 Å². The Kier molecular flexibility index (Phi) is 10.9. The van der Waals surface area contributed by atoms with Crippen LogP contribution in [-0.4, -0.2) is 43.8 Å². The fourth-order valence-electron chi connectivity index (χ4n) is 5.93. The summed E-state index contributed by atoms with van der Waals surface area (Å²) in [6.07, 6.45) is 5.20. The van der Waals surface area contributed by atoms with Gasteiger partial charge in [-0.05, 0) is 72.9 Å². The van der Waals surface area contributed by atoms with Crippen LogP contribution < -0.4 is 9.62 Å². The van der Waals surface area contributed by atoms with Crippen LogP contribution in [0.5, 0.6) is 0 Å². The number of sulfonamides is 1. The van der Waals surface area contributed by atoms with Crippen LogP contribution in [0.15, 0.2) is 114 Å². The first-order valence-corrected chi connectivity index (χ1v) is 17.2. The topological polar surface area (TPSA) is 86.8 Å². The van der Waals surface area contributed by atoms with Crippen LogP contribution in [0.25, 0.3) is 0 Å². The van der Waals surface area contributed by atoms with Crippen molar-refractivity contribution in [2.45, 2.75) is 69.0 Å². The van der Waals surface area contributed by atoms with Gasteiger partial charge in [0.2, 0.25) is 11.8 Å². The Labute approximate surface area is 271 Å². The van der Waals surface area contributed by atoms with Gasteiger partial charge in [-0.1, -0.05) is 92.1 Å². The second kappa shape index (κ2) is 15.2. The largest absolute Gasteiger partial charge is 0.352 e. The van der Waals surface area contributed by atoms with Gasteiger partial charge in [-0.3, -0.25) is 13.9 Å². The summed E-state index contributed by atoms with van der Waals surface area (Å²) >= 11 is 0. The first kappa shape index (κ1) is 32.9. The van der Waals surface area contributed by atoms with Gasteiger partial charge in [0.25, 0.3) is 10.0 Å². The summed E-state index contributed by atoms with van der Waals surface area (Å²) in [6.45, 7) is 1.46. The van der Waals surface area contributed by atoms with Crippen molar-refractivity contribution in [3.05, 3.63) is 132 Å². The molecule has 0 spiro atoms. The summed E-state index contributed by atoms with van der Waals surface area (Å²) < 4.78 is 43.0. The second-order valence-corrected chi connectivity index (χ2v) is 13.7. The van der Waals surface area contributed by atoms with Crippen molar-refractivity contribution >= 4 is 27.5 Å². The summed E-state index contributed by atoms with van der Waals surface area (Å²) in [5, 5.41) is 3.22. The van der Waals surface area contributed by atoms with Crippen molar-refractivity contribution in [3.8, 4) is 0 Å². The number of nitrogens with zero attached hydrogens (tertiary/aromatic N) is 2. The molecule has 240 valence electrons. The minimum Gasteiger partial charge on any atom is -0.352 e. The summed E-state index contributed by atoms with van der Waals surface area (Å²) in [5.41, 5.74) is 2.80. The van der Waals surface area contributed by atoms with Crippen molar-refractivity contribution < 1.29 is 22.4 Å². The second-order valence-electron chi connectivity index (χ2n) is 11.8.